The van der Waals surface area contributed by atoms with E-state index in [4.69, 9.17) is 5.73 Å². The molecule has 2 heterocycles. The highest BCUT2D eigenvalue weighted by Gasteiger charge is 2.18. The molecular weight excluding hydrogens is 296 g/mol. The van der Waals surface area contributed by atoms with Crippen molar-refractivity contribution in [1.29, 1.82) is 0 Å². The lowest BCUT2D eigenvalue weighted by Gasteiger charge is -2.10. The zero-order valence-corrected chi connectivity index (χ0v) is 12.1. The van der Waals surface area contributed by atoms with E-state index in [1.54, 1.807) is 6.20 Å². The maximum Gasteiger partial charge on any atom is 0.0995 e. The summed E-state index contributed by atoms with van der Waals surface area (Å²) in [5.74, 6) is 0. The van der Waals surface area contributed by atoms with Gasteiger partial charge in [0.25, 0.3) is 0 Å². The Morgan fingerprint density at radius 2 is 2.28 bits per heavy atom. The smallest absolute Gasteiger partial charge is 0.0995 e. The van der Waals surface area contributed by atoms with Gasteiger partial charge >= 0.3 is 0 Å². The average molecular weight is 313 g/mol. The predicted molar refractivity (Wildman–Crippen MR) is 72.0 cm³/mol. The standard InChI is InChI=1S/C11H17BrN6/c1-3-8-11(12)10(18(4-2)16-8)5-7(13)9-6-14-17-15-9/h6-7H,3-5,13H2,1-2H3,(H,14,15,17). The van der Waals surface area contributed by atoms with Crippen LogP contribution in [0.3, 0.4) is 0 Å². The van der Waals surface area contributed by atoms with Crippen LogP contribution >= 0.6 is 15.9 Å². The molecule has 1 unspecified atom stereocenters. The lowest BCUT2D eigenvalue weighted by atomic mass is 10.1. The fourth-order valence-electron chi connectivity index (χ4n) is 1.91. The van der Waals surface area contributed by atoms with Crippen LogP contribution in [-0.4, -0.2) is 25.2 Å². The third-order valence-corrected chi connectivity index (χ3v) is 3.84. The van der Waals surface area contributed by atoms with Crippen molar-refractivity contribution < 1.29 is 0 Å². The van der Waals surface area contributed by atoms with Gasteiger partial charge in [-0.25, -0.2) is 0 Å². The largest absolute Gasteiger partial charge is 0.322 e. The Morgan fingerprint density at radius 3 is 2.83 bits per heavy atom. The summed E-state index contributed by atoms with van der Waals surface area (Å²) in [4.78, 5) is 0. The van der Waals surface area contributed by atoms with Crippen LogP contribution in [0.1, 0.15) is 37.0 Å². The van der Waals surface area contributed by atoms with E-state index in [0.29, 0.717) is 6.42 Å². The first kappa shape index (κ1) is 13.2. The highest BCUT2D eigenvalue weighted by molar-refractivity contribution is 9.10. The van der Waals surface area contributed by atoms with Gasteiger partial charge in [0.15, 0.2) is 0 Å². The molecule has 0 aliphatic carbocycles. The van der Waals surface area contributed by atoms with Gasteiger partial charge in [0.1, 0.15) is 0 Å². The first-order valence-corrected chi connectivity index (χ1v) is 6.81. The Bertz CT molecular complexity index is 504. The molecule has 0 saturated carbocycles. The molecule has 0 bridgehead atoms. The second-order valence-electron chi connectivity index (χ2n) is 4.08. The summed E-state index contributed by atoms with van der Waals surface area (Å²) in [5, 5.41) is 14.9. The fourth-order valence-corrected chi connectivity index (χ4v) is 2.64. The molecule has 1 atom stereocenters. The maximum absolute atomic E-state index is 6.13. The van der Waals surface area contributed by atoms with Gasteiger partial charge < -0.3 is 5.73 Å². The number of aromatic amines is 1. The number of hydrogen-bond acceptors (Lipinski definition) is 4. The van der Waals surface area contributed by atoms with Crippen molar-refractivity contribution in [2.45, 2.75) is 39.3 Å². The Hall–Kier alpha value is -1.21. The van der Waals surface area contributed by atoms with E-state index in [1.165, 1.54) is 0 Å². The summed E-state index contributed by atoms with van der Waals surface area (Å²) in [5.41, 5.74) is 9.08. The number of aromatic nitrogens is 5. The summed E-state index contributed by atoms with van der Waals surface area (Å²) >= 11 is 3.61. The fraction of sp³-hybridized carbons (Fsp3) is 0.545. The molecule has 2 rings (SSSR count). The Kier molecular flexibility index (Phi) is 4.13. The van der Waals surface area contributed by atoms with Crippen molar-refractivity contribution in [2.24, 2.45) is 5.73 Å². The van der Waals surface area contributed by atoms with Crippen LogP contribution in [-0.2, 0) is 19.4 Å². The molecule has 98 valence electrons. The third-order valence-electron chi connectivity index (χ3n) is 2.92. The van der Waals surface area contributed by atoms with Crippen LogP contribution in [0.5, 0.6) is 0 Å². The molecule has 0 aliphatic rings. The highest BCUT2D eigenvalue weighted by Crippen LogP contribution is 2.25. The normalized spacial score (nSPS) is 12.9. The van der Waals surface area contributed by atoms with Gasteiger partial charge in [0.2, 0.25) is 0 Å². The van der Waals surface area contributed by atoms with Crippen molar-refractivity contribution in [1.82, 2.24) is 25.2 Å². The van der Waals surface area contributed by atoms with Gasteiger partial charge in [-0.2, -0.15) is 20.5 Å². The van der Waals surface area contributed by atoms with Gasteiger partial charge in [-0.15, -0.1) is 0 Å². The molecular formula is C11H17BrN6. The molecule has 0 amide bonds. The molecule has 3 N–H and O–H groups in total. The first-order chi connectivity index (χ1) is 8.67. The van der Waals surface area contributed by atoms with E-state index >= 15 is 0 Å². The van der Waals surface area contributed by atoms with Crippen molar-refractivity contribution in [3.8, 4) is 0 Å². The lowest BCUT2D eigenvalue weighted by Crippen LogP contribution is -2.16. The number of nitrogens with one attached hydrogen (secondary N) is 1. The molecule has 18 heavy (non-hydrogen) atoms. The molecule has 0 radical (unpaired) electrons. The van der Waals surface area contributed by atoms with E-state index in [0.717, 1.165) is 34.5 Å². The van der Waals surface area contributed by atoms with Crippen LogP contribution in [0.15, 0.2) is 10.7 Å². The minimum atomic E-state index is -0.174. The molecule has 0 aliphatic heterocycles. The molecule has 0 aromatic carbocycles. The van der Waals surface area contributed by atoms with Gasteiger partial charge in [0.05, 0.1) is 33.8 Å². The number of H-pyrrole nitrogens is 1. The van der Waals surface area contributed by atoms with Gasteiger partial charge in [-0.1, -0.05) is 6.92 Å². The van der Waals surface area contributed by atoms with Crippen LogP contribution < -0.4 is 5.73 Å². The van der Waals surface area contributed by atoms with Crippen LogP contribution in [0.2, 0.25) is 0 Å². The summed E-state index contributed by atoms with van der Waals surface area (Å²) in [7, 11) is 0. The monoisotopic (exact) mass is 312 g/mol. The molecule has 7 heteroatoms. The number of nitrogens with zero attached hydrogens (tertiary/aromatic N) is 4. The second kappa shape index (κ2) is 5.62. The lowest BCUT2D eigenvalue weighted by molar-refractivity contribution is 0.579. The molecule has 0 saturated heterocycles. The highest BCUT2D eigenvalue weighted by atomic mass is 79.9. The first-order valence-electron chi connectivity index (χ1n) is 6.02. The third kappa shape index (κ3) is 2.46. The maximum atomic E-state index is 6.13. The summed E-state index contributed by atoms with van der Waals surface area (Å²) in [6, 6.07) is -0.174. The molecule has 2 aromatic heterocycles. The Balaban J connectivity index is 2.25. The van der Waals surface area contributed by atoms with Gasteiger partial charge in [0, 0.05) is 13.0 Å². The van der Waals surface area contributed by atoms with E-state index in [1.807, 2.05) is 4.68 Å². The average Bonchev–Trinajstić information content (AvgIpc) is 2.99. The van der Waals surface area contributed by atoms with Crippen molar-refractivity contribution in [3.05, 3.63) is 27.8 Å². The zero-order valence-electron chi connectivity index (χ0n) is 10.5. The minimum Gasteiger partial charge on any atom is -0.322 e. The van der Waals surface area contributed by atoms with Crippen molar-refractivity contribution >= 4 is 15.9 Å². The topological polar surface area (TPSA) is 85.4 Å². The predicted octanol–water partition coefficient (Wildman–Crippen LogP) is 1.59. The van der Waals surface area contributed by atoms with Crippen LogP contribution in [0.25, 0.3) is 0 Å². The van der Waals surface area contributed by atoms with E-state index in [-0.39, 0.29) is 6.04 Å². The van der Waals surface area contributed by atoms with E-state index in [9.17, 15) is 0 Å². The Labute approximate surface area is 114 Å². The van der Waals surface area contributed by atoms with Gasteiger partial charge in [-0.05, 0) is 29.3 Å². The molecule has 2 aromatic rings. The Morgan fingerprint density at radius 1 is 1.50 bits per heavy atom. The molecule has 0 spiro atoms. The molecule has 6 nitrogen and oxygen atoms in total. The second-order valence-corrected chi connectivity index (χ2v) is 4.88. The minimum absolute atomic E-state index is 0.174. The number of halogens is 1. The van der Waals surface area contributed by atoms with Crippen LogP contribution in [0.4, 0.5) is 0 Å². The summed E-state index contributed by atoms with van der Waals surface area (Å²) in [6.07, 6.45) is 3.25. The number of rotatable bonds is 5. The van der Waals surface area contributed by atoms with Crippen LogP contribution in [0, 0.1) is 0 Å². The van der Waals surface area contributed by atoms with E-state index in [2.05, 4.69) is 50.3 Å². The molecule has 0 fully saturated rings. The number of aryl methyl sites for hydroxylation is 2. The quantitative estimate of drug-likeness (QED) is 0.878. The zero-order chi connectivity index (χ0) is 13.1. The van der Waals surface area contributed by atoms with Gasteiger partial charge in [-0.3, -0.25) is 4.68 Å². The summed E-state index contributed by atoms with van der Waals surface area (Å²) < 4.78 is 3.05. The summed E-state index contributed by atoms with van der Waals surface area (Å²) in [6.45, 7) is 5.00. The number of nitrogens with two attached hydrogens (primary N) is 1. The SMILES string of the molecule is CCc1nn(CC)c(CC(N)c2cn[nH]n2)c1Br. The van der Waals surface area contributed by atoms with Crippen molar-refractivity contribution in [2.75, 3.05) is 0 Å². The van der Waals surface area contributed by atoms with E-state index < -0.39 is 0 Å². The number of hydrogen-bond donors (Lipinski definition) is 2. The van der Waals surface area contributed by atoms with Crippen molar-refractivity contribution in [3.63, 3.8) is 0 Å².